The topological polar surface area (TPSA) is 75.4 Å². The van der Waals surface area contributed by atoms with Crippen LogP contribution in [0.1, 0.15) is 39.5 Å². The van der Waals surface area contributed by atoms with Gasteiger partial charge in [-0.1, -0.05) is 24.9 Å². The van der Waals surface area contributed by atoms with Gasteiger partial charge in [0.1, 0.15) is 6.26 Å². The van der Waals surface area contributed by atoms with Crippen LogP contribution in [0.3, 0.4) is 0 Å². The number of nitrogens with one attached hydrogen (secondary N) is 1. The lowest BCUT2D eigenvalue weighted by atomic mass is 10.2. The summed E-state index contributed by atoms with van der Waals surface area (Å²) >= 11 is 0. The Morgan fingerprint density at radius 2 is 2.16 bits per heavy atom. The number of hydrogen-bond acceptors (Lipinski definition) is 4. The molecule has 1 N–H and O–H groups in total. The van der Waals surface area contributed by atoms with E-state index in [9.17, 15) is 9.59 Å². The van der Waals surface area contributed by atoms with Crippen molar-refractivity contribution in [1.82, 2.24) is 10.1 Å². The lowest BCUT2D eigenvalue weighted by Gasteiger charge is -2.19. The van der Waals surface area contributed by atoms with Crippen molar-refractivity contribution in [2.24, 2.45) is 0 Å². The van der Waals surface area contributed by atoms with Gasteiger partial charge in [-0.3, -0.25) is 9.59 Å². The first-order chi connectivity index (χ1) is 9.17. The zero-order valence-corrected chi connectivity index (χ0v) is 11.5. The van der Waals surface area contributed by atoms with E-state index in [4.69, 9.17) is 0 Å². The third-order valence-electron chi connectivity index (χ3n) is 2.77. The molecule has 0 aromatic carbocycles. The predicted octanol–water partition coefficient (Wildman–Crippen LogP) is 2.04. The van der Waals surface area contributed by atoms with Crippen LogP contribution < -0.4 is 5.32 Å². The summed E-state index contributed by atoms with van der Waals surface area (Å²) in [5.74, 6) is 0.116. The molecule has 0 saturated heterocycles. The second-order valence-corrected chi connectivity index (χ2v) is 4.30. The Bertz CT molecular complexity index is 390. The molecule has 0 fully saturated rings. The Labute approximate surface area is 113 Å². The van der Waals surface area contributed by atoms with Crippen LogP contribution in [0.4, 0.5) is 5.82 Å². The van der Waals surface area contributed by atoms with E-state index in [1.54, 1.807) is 11.0 Å². The minimum absolute atomic E-state index is 0.0197. The molecule has 19 heavy (non-hydrogen) atoms. The maximum Gasteiger partial charge on any atom is 0.245 e. The van der Waals surface area contributed by atoms with Crippen molar-refractivity contribution in [2.45, 2.75) is 39.5 Å². The first-order valence-corrected chi connectivity index (χ1v) is 6.65. The van der Waals surface area contributed by atoms with Crippen molar-refractivity contribution in [3.8, 4) is 0 Å². The van der Waals surface area contributed by atoms with Gasteiger partial charge in [-0.05, 0) is 13.3 Å². The molecule has 6 nitrogen and oxygen atoms in total. The third kappa shape index (κ3) is 5.54. The fourth-order valence-electron chi connectivity index (χ4n) is 1.69. The molecule has 106 valence electrons. The van der Waals surface area contributed by atoms with Crippen LogP contribution in [0.25, 0.3) is 0 Å². The molecule has 0 radical (unpaired) electrons. The van der Waals surface area contributed by atoms with Crippen molar-refractivity contribution in [2.75, 3.05) is 18.4 Å². The summed E-state index contributed by atoms with van der Waals surface area (Å²) in [5.41, 5.74) is 0. The second kappa shape index (κ2) is 8.29. The van der Waals surface area contributed by atoms with Crippen LogP contribution in [0.2, 0.25) is 0 Å². The lowest BCUT2D eigenvalue weighted by Crippen LogP contribution is -2.37. The van der Waals surface area contributed by atoms with Crippen LogP contribution in [-0.2, 0) is 9.59 Å². The van der Waals surface area contributed by atoms with E-state index >= 15 is 0 Å². The summed E-state index contributed by atoms with van der Waals surface area (Å²) in [6.07, 6.45) is 4.86. The van der Waals surface area contributed by atoms with Gasteiger partial charge in [-0.15, -0.1) is 0 Å². The number of rotatable bonds is 8. The molecule has 1 rings (SSSR count). The maximum atomic E-state index is 11.9. The molecule has 0 aliphatic rings. The van der Waals surface area contributed by atoms with Crippen LogP contribution in [0.15, 0.2) is 16.9 Å². The molecule has 0 aliphatic carbocycles. The highest BCUT2D eigenvalue weighted by Gasteiger charge is 2.15. The standard InChI is InChI=1S/C13H21N3O3/c1-3-5-6-7-13(18)16(4-2)10-12(17)14-11-8-9-19-15-11/h8-9H,3-7,10H2,1-2H3,(H,14,15,17). The number of likely N-dealkylation sites (N-methyl/N-ethyl adjacent to an activating group) is 1. The van der Waals surface area contributed by atoms with Gasteiger partial charge in [0.2, 0.25) is 11.8 Å². The molecular formula is C13H21N3O3. The van der Waals surface area contributed by atoms with Gasteiger partial charge in [0.05, 0.1) is 6.54 Å². The van der Waals surface area contributed by atoms with Crippen molar-refractivity contribution >= 4 is 17.6 Å². The molecule has 1 aromatic rings. The summed E-state index contributed by atoms with van der Waals surface area (Å²) in [7, 11) is 0. The quantitative estimate of drug-likeness (QED) is 0.731. The third-order valence-corrected chi connectivity index (χ3v) is 2.77. The van der Waals surface area contributed by atoms with Crippen molar-refractivity contribution in [3.05, 3.63) is 12.3 Å². The highest BCUT2D eigenvalue weighted by Crippen LogP contribution is 2.05. The molecule has 1 aromatic heterocycles. The van der Waals surface area contributed by atoms with E-state index in [0.29, 0.717) is 18.8 Å². The number of nitrogens with zero attached hydrogens (tertiary/aromatic N) is 2. The summed E-state index contributed by atoms with van der Waals surface area (Å²) in [4.78, 5) is 25.2. The van der Waals surface area contributed by atoms with Gasteiger partial charge >= 0.3 is 0 Å². The largest absolute Gasteiger partial charge is 0.363 e. The normalized spacial score (nSPS) is 10.2. The maximum absolute atomic E-state index is 11.9. The second-order valence-electron chi connectivity index (χ2n) is 4.30. The van der Waals surface area contributed by atoms with Crippen LogP contribution in [0.5, 0.6) is 0 Å². The first kappa shape index (κ1) is 15.2. The minimum atomic E-state index is -0.264. The monoisotopic (exact) mass is 267 g/mol. The smallest absolute Gasteiger partial charge is 0.245 e. The average molecular weight is 267 g/mol. The van der Waals surface area contributed by atoms with Crippen molar-refractivity contribution in [3.63, 3.8) is 0 Å². The van der Waals surface area contributed by atoms with E-state index in [-0.39, 0.29) is 18.4 Å². The average Bonchev–Trinajstić information content (AvgIpc) is 2.88. The fraction of sp³-hybridized carbons (Fsp3) is 0.615. The Morgan fingerprint density at radius 3 is 2.74 bits per heavy atom. The van der Waals surface area contributed by atoms with Gasteiger partial charge in [-0.2, -0.15) is 0 Å². The lowest BCUT2D eigenvalue weighted by molar-refractivity contribution is -0.134. The summed E-state index contributed by atoms with van der Waals surface area (Å²) < 4.78 is 4.61. The molecule has 1 heterocycles. The molecule has 0 aliphatic heterocycles. The highest BCUT2D eigenvalue weighted by atomic mass is 16.5. The van der Waals surface area contributed by atoms with Gasteiger partial charge in [-0.25, -0.2) is 0 Å². The highest BCUT2D eigenvalue weighted by molar-refractivity contribution is 5.93. The summed E-state index contributed by atoms with van der Waals surface area (Å²) in [6.45, 7) is 4.53. The first-order valence-electron chi connectivity index (χ1n) is 6.65. The Hall–Kier alpha value is -1.85. The fourth-order valence-corrected chi connectivity index (χ4v) is 1.69. The van der Waals surface area contributed by atoms with Gasteiger partial charge < -0.3 is 14.7 Å². The molecule has 2 amide bonds. The van der Waals surface area contributed by atoms with Gasteiger partial charge in [0, 0.05) is 19.0 Å². The Balaban J connectivity index is 2.38. The number of hydrogen-bond donors (Lipinski definition) is 1. The van der Waals surface area contributed by atoms with Gasteiger partial charge in [0.15, 0.2) is 5.82 Å². The summed E-state index contributed by atoms with van der Waals surface area (Å²) in [5, 5.41) is 6.16. The predicted molar refractivity (Wildman–Crippen MR) is 71.5 cm³/mol. The van der Waals surface area contributed by atoms with Crippen molar-refractivity contribution in [1.29, 1.82) is 0 Å². The van der Waals surface area contributed by atoms with Crippen LogP contribution >= 0.6 is 0 Å². The Morgan fingerprint density at radius 1 is 1.37 bits per heavy atom. The molecule has 0 spiro atoms. The van der Waals surface area contributed by atoms with Crippen LogP contribution in [0, 0.1) is 0 Å². The van der Waals surface area contributed by atoms with E-state index in [2.05, 4.69) is 21.9 Å². The van der Waals surface area contributed by atoms with Gasteiger partial charge in [0.25, 0.3) is 0 Å². The minimum Gasteiger partial charge on any atom is -0.363 e. The Kier molecular flexibility index (Phi) is 6.63. The van der Waals surface area contributed by atoms with Crippen molar-refractivity contribution < 1.29 is 14.1 Å². The number of aromatic nitrogens is 1. The zero-order chi connectivity index (χ0) is 14.1. The number of carbonyl (C=O) groups is 2. The van der Waals surface area contributed by atoms with Crippen LogP contribution in [-0.4, -0.2) is 35.0 Å². The molecule has 0 unspecified atom stereocenters. The number of unbranched alkanes of at least 4 members (excludes halogenated alkanes) is 2. The van der Waals surface area contributed by atoms with E-state index in [0.717, 1.165) is 19.3 Å². The molecule has 6 heteroatoms. The van der Waals surface area contributed by atoms with E-state index < -0.39 is 0 Å². The zero-order valence-electron chi connectivity index (χ0n) is 11.5. The van der Waals surface area contributed by atoms with E-state index in [1.807, 2.05) is 6.92 Å². The molecule has 0 saturated carbocycles. The molecule has 0 bridgehead atoms. The number of anilines is 1. The number of carbonyl (C=O) groups excluding carboxylic acids is 2. The SMILES string of the molecule is CCCCCC(=O)N(CC)CC(=O)Nc1ccon1. The molecule has 0 atom stereocenters. The molecular weight excluding hydrogens is 246 g/mol. The number of amides is 2. The van der Waals surface area contributed by atoms with E-state index in [1.165, 1.54) is 6.26 Å². The summed E-state index contributed by atoms with van der Waals surface area (Å²) in [6, 6.07) is 1.55.